The van der Waals surface area contributed by atoms with Crippen molar-refractivity contribution in [3.05, 3.63) is 46.5 Å². The number of anilines is 2. The number of hydrogen-bond donors (Lipinski definition) is 3. The molecule has 1 aliphatic rings. The van der Waals surface area contributed by atoms with Gasteiger partial charge in [0.1, 0.15) is 9.71 Å². The average molecular weight is 403 g/mol. The Morgan fingerprint density at radius 3 is 2.56 bits per heavy atom. The molecule has 7 nitrogen and oxygen atoms in total. The quantitative estimate of drug-likeness (QED) is 0.620. The van der Waals surface area contributed by atoms with Gasteiger partial charge in [0.2, 0.25) is 10.0 Å². The number of benzene rings is 1. The van der Waals surface area contributed by atoms with Crippen LogP contribution in [-0.4, -0.2) is 19.3 Å². The second-order valence-corrected chi connectivity index (χ2v) is 9.08. The minimum atomic E-state index is -3.77. The molecule has 0 saturated heterocycles. The summed E-state index contributed by atoms with van der Waals surface area (Å²) in [4.78, 5) is 18.5. The van der Waals surface area contributed by atoms with E-state index in [4.69, 9.17) is 15.9 Å². The molecule has 0 fully saturated rings. The first-order valence-electron chi connectivity index (χ1n) is 8.48. The number of nitrogens with two attached hydrogens (primary N) is 2. The van der Waals surface area contributed by atoms with Crippen molar-refractivity contribution in [3.63, 3.8) is 0 Å². The van der Waals surface area contributed by atoms with Crippen molar-refractivity contribution in [1.29, 1.82) is 0 Å². The zero-order valence-electron chi connectivity index (χ0n) is 14.4. The molecular weight excluding hydrogens is 384 g/mol. The van der Waals surface area contributed by atoms with Gasteiger partial charge in [0, 0.05) is 16.8 Å². The predicted molar refractivity (Wildman–Crippen MR) is 106 cm³/mol. The van der Waals surface area contributed by atoms with Crippen LogP contribution in [0.25, 0.3) is 10.2 Å². The maximum atomic E-state index is 12.7. The van der Waals surface area contributed by atoms with E-state index in [-0.39, 0.29) is 10.8 Å². The number of fused-ring (bicyclic) bond motifs is 2. The maximum absolute atomic E-state index is 12.7. The summed E-state index contributed by atoms with van der Waals surface area (Å²) in [7, 11) is -3.77. The van der Waals surface area contributed by atoms with E-state index in [1.165, 1.54) is 41.2 Å². The molecule has 0 spiro atoms. The Morgan fingerprint density at radius 2 is 1.85 bits per heavy atom. The molecule has 3 aromatic rings. The Kier molecular flexibility index (Phi) is 4.37. The van der Waals surface area contributed by atoms with Gasteiger partial charge in [-0.05, 0) is 61.6 Å². The number of hydrogen-bond acceptors (Lipinski definition) is 6. The Hall–Kier alpha value is -2.49. The molecular formula is C18H18N4O3S2. The van der Waals surface area contributed by atoms with Gasteiger partial charge < -0.3 is 11.1 Å². The average Bonchev–Trinajstić information content (AvgIpc) is 2.96. The first-order valence-corrected chi connectivity index (χ1v) is 10.8. The molecule has 1 aliphatic carbocycles. The van der Waals surface area contributed by atoms with Crippen molar-refractivity contribution in [2.45, 2.75) is 30.6 Å². The van der Waals surface area contributed by atoms with E-state index in [1.54, 1.807) is 0 Å². The molecule has 5 N–H and O–H groups in total. The van der Waals surface area contributed by atoms with Gasteiger partial charge in [-0.15, -0.1) is 11.3 Å². The highest BCUT2D eigenvalue weighted by Crippen LogP contribution is 2.35. The first kappa shape index (κ1) is 17.9. The lowest BCUT2D eigenvalue weighted by atomic mass is 9.95. The van der Waals surface area contributed by atoms with E-state index in [9.17, 15) is 13.2 Å². The molecule has 0 unspecified atom stereocenters. The number of thiophene rings is 1. The normalized spacial score (nSPS) is 14.1. The highest BCUT2D eigenvalue weighted by Gasteiger charge is 2.20. The zero-order chi connectivity index (χ0) is 19.2. The van der Waals surface area contributed by atoms with Crippen molar-refractivity contribution >= 4 is 48.9 Å². The third kappa shape index (κ3) is 3.41. The van der Waals surface area contributed by atoms with Crippen molar-refractivity contribution in [3.8, 4) is 0 Å². The molecule has 27 heavy (non-hydrogen) atoms. The number of carbonyl (C=O) groups excluding carboxylic acids is 1. The summed E-state index contributed by atoms with van der Waals surface area (Å²) >= 11 is 1.27. The van der Waals surface area contributed by atoms with E-state index >= 15 is 0 Å². The third-order valence-electron chi connectivity index (χ3n) is 4.65. The summed E-state index contributed by atoms with van der Waals surface area (Å²) in [5.74, 6) is -0.350. The lowest BCUT2D eigenvalue weighted by molar-refractivity contribution is 0.103. The van der Waals surface area contributed by atoms with Crippen LogP contribution in [0.15, 0.2) is 35.2 Å². The summed E-state index contributed by atoms with van der Waals surface area (Å²) in [6.07, 6.45) is 4.23. The van der Waals surface area contributed by atoms with Gasteiger partial charge in [-0.1, -0.05) is 0 Å². The molecule has 0 saturated carbocycles. The largest absolute Gasteiger partial charge is 0.397 e. The Balaban J connectivity index is 1.63. The van der Waals surface area contributed by atoms with Crippen molar-refractivity contribution < 1.29 is 13.2 Å². The Bertz CT molecular complexity index is 1150. The van der Waals surface area contributed by atoms with E-state index in [2.05, 4.69) is 11.4 Å². The molecule has 4 rings (SSSR count). The highest BCUT2D eigenvalue weighted by atomic mass is 32.2. The lowest BCUT2D eigenvalue weighted by Gasteiger charge is -2.14. The third-order valence-corrected chi connectivity index (χ3v) is 6.69. The number of pyridine rings is 1. The smallest absolute Gasteiger partial charge is 0.267 e. The molecule has 0 radical (unpaired) electrons. The number of nitrogens with zero attached hydrogens (tertiary/aromatic N) is 1. The van der Waals surface area contributed by atoms with Crippen LogP contribution in [0, 0.1) is 0 Å². The molecule has 2 aromatic heterocycles. The summed E-state index contributed by atoms with van der Waals surface area (Å²) < 4.78 is 22.6. The van der Waals surface area contributed by atoms with E-state index in [0.717, 1.165) is 41.6 Å². The number of aryl methyl sites for hydroxylation is 2. The van der Waals surface area contributed by atoms with Crippen molar-refractivity contribution in [1.82, 2.24) is 4.98 Å². The van der Waals surface area contributed by atoms with Gasteiger partial charge in [-0.25, -0.2) is 18.5 Å². The summed E-state index contributed by atoms with van der Waals surface area (Å²) in [6, 6.07) is 7.71. The van der Waals surface area contributed by atoms with E-state index < -0.39 is 10.0 Å². The van der Waals surface area contributed by atoms with Crippen molar-refractivity contribution in [2.24, 2.45) is 5.14 Å². The minimum Gasteiger partial charge on any atom is -0.397 e. The summed E-state index contributed by atoms with van der Waals surface area (Å²) in [6.45, 7) is 0. The van der Waals surface area contributed by atoms with Gasteiger partial charge in [0.05, 0.1) is 10.6 Å². The highest BCUT2D eigenvalue weighted by molar-refractivity contribution is 7.89. The number of carbonyl (C=O) groups is 1. The van der Waals surface area contributed by atoms with E-state index in [0.29, 0.717) is 16.3 Å². The number of aromatic nitrogens is 1. The second kappa shape index (κ2) is 6.59. The van der Waals surface area contributed by atoms with E-state index in [1.807, 2.05) is 0 Å². The van der Waals surface area contributed by atoms with Crippen molar-refractivity contribution in [2.75, 3.05) is 11.1 Å². The van der Waals surface area contributed by atoms with Crippen LogP contribution in [0.5, 0.6) is 0 Å². The minimum absolute atomic E-state index is 0.0170. The number of amides is 1. The maximum Gasteiger partial charge on any atom is 0.267 e. The van der Waals surface area contributed by atoms with Gasteiger partial charge in [-0.2, -0.15) is 0 Å². The zero-order valence-corrected chi connectivity index (χ0v) is 16.0. The molecule has 1 amide bonds. The molecule has 140 valence electrons. The van der Waals surface area contributed by atoms with Crippen LogP contribution < -0.4 is 16.2 Å². The van der Waals surface area contributed by atoms with Crippen LogP contribution in [-0.2, 0) is 22.9 Å². The Morgan fingerprint density at radius 1 is 1.15 bits per heavy atom. The van der Waals surface area contributed by atoms with Gasteiger partial charge in [-0.3, -0.25) is 4.79 Å². The number of nitrogen functional groups attached to an aromatic ring is 1. The lowest BCUT2D eigenvalue weighted by Crippen LogP contribution is -2.14. The predicted octanol–water partition coefficient (Wildman–Crippen LogP) is 2.66. The number of rotatable bonds is 3. The molecule has 1 aromatic carbocycles. The van der Waals surface area contributed by atoms with Gasteiger partial charge in [0.25, 0.3) is 5.91 Å². The molecule has 2 heterocycles. The SMILES string of the molecule is Nc1c(C(=O)Nc2ccc(S(N)(=O)=O)cc2)sc2nc3c(cc12)CCCC3. The fourth-order valence-electron chi connectivity index (χ4n) is 3.24. The van der Waals surface area contributed by atoms with Gasteiger partial charge in [0.15, 0.2) is 0 Å². The number of primary sulfonamides is 1. The van der Waals surface area contributed by atoms with Crippen LogP contribution in [0.2, 0.25) is 0 Å². The van der Waals surface area contributed by atoms with Crippen LogP contribution in [0.3, 0.4) is 0 Å². The monoisotopic (exact) mass is 402 g/mol. The first-order chi connectivity index (χ1) is 12.8. The number of nitrogens with one attached hydrogen (secondary N) is 1. The standard InChI is InChI=1S/C18H18N4O3S2/c19-15-13-9-10-3-1-2-4-14(10)22-18(13)26-16(15)17(23)21-11-5-7-12(8-6-11)27(20,24)25/h5-9H,1-4,19H2,(H,21,23)(H2,20,24,25). The topological polar surface area (TPSA) is 128 Å². The van der Waals surface area contributed by atoms with Crippen LogP contribution in [0.4, 0.5) is 11.4 Å². The fraction of sp³-hybridized carbons (Fsp3) is 0.222. The summed E-state index contributed by atoms with van der Waals surface area (Å²) in [5.41, 5.74) is 9.41. The summed E-state index contributed by atoms with van der Waals surface area (Å²) in [5, 5.41) is 8.63. The van der Waals surface area contributed by atoms with Crippen LogP contribution in [0.1, 0.15) is 33.8 Å². The number of sulfonamides is 1. The molecule has 9 heteroatoms. The molecule has 0 aliphatic heterocycles. The fourth-order valence-corrected chi connectivity index (χ4v) is 4.75. The van der Waals surface area contributed by atoms with Crippen LogP contribution >= 0.6 is 11.3 Å². The molecule has 0 bridgehead atoms. The molecule has 0 atom stereocenters. The van der Waals surface area contributed by atoms with Gasteiger partial charge >= 0.3 is 0 Å². The second-order valence-electron chi connectivity index (χ2n) is 6.52. The Labute approximate surface area is 160 Å².